The predicted molar refractivity (Wildman–Crippen MR) is 97.1 cm³/mol. The number of nitrogens with zero attached hydrogens (tertiary/aromatic N) is 2. The van der Waals surface area contributed by atoms with Gasteiger partial charge in [0.1, 0.15) is 0 Å². The van der Waals surface area contributed by atoms with Crippen molar-refractivity contribution in [2.45, 2.75) is 9.79 Å². The van der Waals surface area contributed by atoms with Gasteiger partial charge in [-0.3, -0.25) is 19.8 Å². The van der Waals surface area contributed by atoms with Crippen molar-refractivity contribution in [1.82, 2.24) is 0 Å². The van der Waals surface area contributed by atoms with Gasteiger partial charge in [-0.25, -0.2) is 4.21 Å². The number of anilines is 2. The number of fused-ring (bicyclic) bond motifs is 2. The average molecular weight is 364 g/mol. The Hall–Kier alpha value is -3.32. The number of benzene rings is 3. The van der Waals surface area contributed by atoms with Crippen LogP contribution >= 0.6 is 0 Å². The second kappa shape index (κ2) is 6.20. The molecule has 4 rings (SSSR count). The van der Waals surface area contributed by atoms with E-state index in [1.165, 1.54) is 23.1 Å². The Balaban J connectivity index is 1.95. The van der Waals surface area contributed by atoms with Crippen LogP contribution in [0.4, 0.5) is 17.1 Å². The molecule has 7 heteroatoms. The Morgan fingerprint density at radius 1 is 0.885 bits per heavy atom. The van der Waals surface area contributed by atoms with Crippen LogP contribution in [0.5, 0.6) is 0 Å². The third kappa shape index (κ3) is 2.49. The van der Waals surface area contributed by atoms with Gasteiger partial charge in [-0.15, -0.1) is 0 Å². The smallest absolute Gasteiger partial charge is 0.270 e. The molecule has 26 heavy (non-hydrogen) atoms. The molecule has 0 fully saturated rings. The molecule has 1 heterocycles. The summed E-state index contributed by atoms with van der Waals surface area (Å²) in [7, 11) is -1.61. The Morgan fingerprint density at radius 3 is 2.27 bits per heavy atom. The highest BCUT2D eigenvalue weighted by Gasteiger charge is 2.33. The van der Waals surface area contributed by atoms with Crippen LogP contribution in [0.2, 0.25) is 0 Å². The van der Waals surface area contributed by atoms with Crippen LogP contribution in [-0.4, -0.2) is 15.0 Å². The first-order valence-electron chi connectivity index (χ1n) is 7.76. The van der Waals surface area contributed by atoms with Crippen molar-refractivity contribution in [1.29, 1.82) is 0 Å². The number of amides is 1. The highest BCUT2D eigenvalue weighted by molar-refractivity contribution is 7.85. The topological polar surface area (TPSA) is 80.5 Å². The fraction of sp³-hybridized carbons (Fsp3) is 0. The van der Waals surface area contributed by atoms with E-state index in [9.17, 15) is 19.1 Å². The molecular formula is C19H12N2O4S. The summed E-state index contributed by atoms with van der Waals surface area (Å²) in [5, 5.41) is 11.1. The summed E-state index contributed by atoms with van der Waals surface area (Å²) in [5.74, 6) is -0.287. The van der Waals surface area contributed by atoms with E-state index in [-0.39, 0.29) is 16.5 Å². The standard InChI is InChI=1S/C19H12N2O4S/c22-19(13-6-2-1-3-7-13)20-15-8-4-5-9-17(15)26(25)18-12-14(21(23)24)10-11-16(18)20/h1-12H. The molecule has 1 aliphatic rings. The molecule has 3 aromatic rings. The fourth-order valence-corrected chi connectivity index (χ4v) is 4.29. The molecular weight excluding hydrogens is 352 g/mol. The van der Waals surface area contributed by atoms with Gasteiger partial charge in [0.2, 0.25) is 0 Å². The van der Waals surface area contributed by atoms with Crippen molar-refractivity contribution < 1.29 is 13.9 Å². The predicted octanol–water partition coefficient (Wildman–Crippen LogP) is 4.05. The largest absolute Gasteiger partial charge is 0.275 e. The maximum absolute atomic E-state index is 13.1. The van der Waals surface area contributed by atoms with Crippen molar-refractivity contribution in [3.8, 4) is 0 Å². The summed E-state index contributed by atoms with van der Waals surface area (Å²) in [6.07, 6.45) is 0. The number of non-ortho nitro benzene ring substituents is 1. The monoisotopic (exact) mass is 364 g/mol. The van der Waals surface area contributed by atoms with Crippen molar-refractivity contribution in [2.24, 2.45) is 0 Å². The molecule has 6 nitrogen and oxygen atoms in total. The van der Waals surface area contributed by atoms with Crippen molar-refractivity contribution >= 4 is 33.8 Å². The van der Waals surface area contributed by atoms with E-state index in [1.807, 2.05) is 6.07 Å². The summed E-state index contributed by atoms with van der Waals surface area (Å²) in [4.78, 5) is 25.9. The van der Waals surface area contributed by atoms with E-state index in [4.69, 9.17) is 0 Å². The zero-order chi connectivity index (χ0) is 18.3. The van der Waals surface area contributed by atoms with Crippen molar-refractivity contribution in [2.75, 3.05) is 4.90 Å². The number of rotatable bonds is 2. The lowest BCUT2D eigenvalue weighted by molar-refractivity contribution is -0.385. The van der Waals surface area contributed by atoms with Gasteiger partial charge in [0, 0.05) is 17.7 Å². The first-order valence-corrected chi connectivity index (χ1v) is 8.91. The minimum atomic E-state index is -1.61. The molecule has 1 amide bonds. The zero-order valence-electron chi connectivity index (χ0n) is 13.4. The molecule has 0 saturated carbocycles. The summed E-state index contributed by atoms with van der Waals surface area (Å²) in [6, 6.07) is 19.7. The Bertz CT molecular complexity index is 1070. The van der Waals surface area contributed by atoms with E-state index in [2.05, 4.69) is 0 Å². The molecule has 0 bridgehead atoms. The second-order valence-corrected chi connectivity index (χ2v) is 7.07. The lowest BCUT2D eigenvalue weighted by Crippen LogP contribution is -2.30. The Labute approximate surface area is 151 Å². The minimum Gasteiger partial charge on any atom is -0.275 e. The van der Waals surface area contributed by atoms with Gasteiger partial charge < -0.3 is 0 Å². The molecule has 1 atom stereocenters. The van der Waals surface area contributed by atoms with Crippen LogP contribution in [0.3, 0.4) is 0 Å². The normalized spacial score (nSPS) is 15.1. The van der Waals surface area contributed by atoms with Gasteiger partial charge in [-0.1, -0.05) is 30.3 Å². The third-order valence-electron chi connectivity index (χ3n) is 4.12. The Kier molecular flexibility index (Phi) is 3.85. The van der Waals surface area contributed by atoms with E-state index in [0.29, 0.717) is 21.8 Å². The molecule has 3 aromatic carbocycles. The van der Waals surface area contributed by atoms with Crippen LogP contribution in [0.1, 0.15) is 10.4 Å². The highest BCUT2D eigenvalue weighted by atomic mass is 32.2. The number of para-hydroxylation sites is 1. The molecule has 0 aromatic heterocycles. The number of hydrogen-bond donors (Lipinski definition) is 0. The summed E-state index contributed by atoms with van der Waals surface area (Å²) in [5.41, 5.74) is 1.21. The second-order valence-electron chi connectivity index (χ2n) is 5.65. The van der Waals surface area contributed by atoms with Crippen LogP contribution in [-0.2, 0) is 10.8 Å². The van der Waals surface area contributed by atoms with E-state index < -0.39 is 15.7 Å². The SMILES string of the molecule is O=C(c1ccccc1)N1c2ccccc2S(=O)c2cc([N+](=O)[O-])ccc21. The summed E-state index contributed by atoms with van der Waals surface area (Å²) >= 11 is 0. The van der Waals surface area contributed by atoms with Gasteiger partial charge in [0.25, 0.3) is 11.6 Å². The van der Waals surface area contributed by atoms with Gasteiger partial charge in [0.05, 0.1) is 36.9 Å². The molecule has 0 spiro atoms. The zero-order valence-corrected chi connectivity index (χ0v) is 14.2. The first-order chi connectivity index (χ1) is 12.6. The van der Waals surface area contributed by atoms with Crippen molar-refractivity contribution in [3.63, 3.8) is 0 Å². The summed E-state index contributed by atoms with van der Waals surface area (Å²) in [6.45, 7) is 0. The van der Waals surface area contributed by atoms with Crippen molar-refractivity contribution in [3.05, 3.63) is 88.5 Å². The van der Waals surface area contributed by atoms with E-state index >= 15 is 0 Å². The average Bonchev–Trinajstić information content (AvgIpc) is 2.68. The lowest BCUT2D eigenvalue weighted by Gasteiger charge is -2.30. The number of hydrogen-bond acceptors (Lipinski definition) is 4. The molecule has 0 aliphatic carbocycles. The lowest BCUT2D eigenvalue weighted by atomic mass is 10.1. The molecule has 128 valence electrons. The third-order valence-corrected chi connectivity index (χ3v) is 5.60. The van der Waals surface area contributed by atoms with Crippen LogP contribution in [0.15, 0.2) is 82.6 Å². The van der Waals surface area contributed by atoms with Gasteiger partial charge >= 0.3 is 0 Å². The molecule has 1 aliphatic heterocycles. The minimum absolute atomic E-state index is 0.163. The maximum Gasteiger partial charge on any atom is 0.270 e. The quantitative estimate of drug-likeness (QED) is 0.507. The number of nitro benzene ring substituents is 1. The number of carbonyl (C=O) groups excluding carboxylic acids is 1. The van der Waals surface area contributed by atoms with Crippen LogP contribution < -0.4 is 4.90 Å². The van der Waals surface area contributed by atoms with Gasteiger partial charge in [-0.05, 0) is 30.3 Å². The summed E-state index contributed by atoms with van der Waals surface area (Å²) < 4.78 is 12.9. The maximum atomic E-state index is 13.1. The molecule has 0 saturated heterocycles. The van der Waals surface area contributed by atoms with Crippen LogP contribution in [0, 0.1) is 10.1 Å². The number of carbonyl (C=O) groups is 1. The van der Waals surface area contributed by atoms with Crippen LogP contribution in [0.25, 0.3) is 0 Å². The molecule has 0 N–H and O–H groups in total. The fourth-order valence-electron chi connectivity index (χ4n) is 2.93. The molecule has 0 radical (unpaired) electrons. The number of nitro groups is 1. The molecule has 1 unspecified atom stereocenters. The first kappa shape index (κ1) is 16.2. The van der Waals surface area contributed by atoms with E-state index in [1.54, 1.807) is 48.5 Å². The van der Waals surface area contributed by atoms with Gasteiger partial charge in [-0.2, -0.15) is 0 Å². The van der Waals surface area contributed by atoms with Gasteiger partial charge in [0.15, 0.2) is 0 Å². The highest BCUT2D eigenvalue weighted by Crippen LogP contribution is 2.43. The Morgan fingerprint density at radius 2 is 1.54 bits per heavy atom. The van der Waals surface area contributed by atoms with E-state index in [0.717, 1.165) is 0 Å².